The van der Waals surface area contributed by atoms with Gasteiger partial charge in [0.05, 0.1) is 17.5 Å². The lowest BCUT2D eigenvalue weighted by Gasteiger charge is -2.19. The maximum atomic E-state index is 10.5. The Morgan fingerprint density at radius 3 is 2.83 bits per heavy atom. The zero-order valence-corrected chi connectivity index (χ0v) is 12.9. The van der Waals surface area contributed by atoms with Crippen molar-refractivity contribution in [2.75, 3.05) is 13.2 Å². The molecular formula is C18H18N2O3. The van der Waals surface area contributed by atoms with Crippen LogP contribution in [0.1, 0.15) is 25.1 Å². The summed E-state index contributed by atoms with van der Waals surface area (Å²) in [5.74, 6) is 1.48. The van der Waals surface area contributed by atoms with Crippen molar-refractivity contribution in [1.29, 1.82) is 0 Å². The largest absolute Gasteiger partial charge is 0.486 e. The Bertz CT molecular complexity index is 857. The van der Waals surface area contributed by atoms with Crippen LogP contribution in [-0.4, -0.2) is 27.7 Å². The molecule has 1 aliphatic heterocycles. The van der Waals surface area contributed by atoms with E-state index in [1.807, 2.05) is 53.9 Å². The molecular weight excluding hydrogens is 292 g/mol. The molecule has 118 valence electrons. The van der Waals surface area contributed by atoms with Crippen LogP contribution in [0.4, 0.5) is 0 Å². The van der Waals surface area contributed by atoms with Crippen LogP contribution in [0.2, 0.25) is 0 Å². The van der Waals surface area contributed by atoms with Gasteiger partial charge in [0.25, 0.3) is 0 Å². The van der Waals surface area contributed by atoms with Crippen molar-refractivity contribution in [3.8, 4) is 22.8 Å². The number of aromatic nitrogens is 2. The van der Waals surface area contributed by atoms with E-state index in [1.165, 1.54) is 0 Å². The molecule has 2 aromatic heterocycles. The Morgan fingerprint density at radius 2 is 2.00 bits per heavy atom. The van der Waals surface area contributed by atoms with E-state index in [2.05, 4.69) is 0 Å². The number of hydrogen-bond donors (Lipinski definition) is 1. The SMILES string of the molecule is CCC(O)c1c(-c2ccc3c(c2)OCCO3)nc2ccccn12. The van der Waals surface area contributed by atoms with Crippen LogP contribution in [0.3, 0.4) is 0 Å². The molecule has 23 heavy (non-hydrogen) atoms. The molecule has 0 amide bonds. The number of ether oxygens (including phenoxy) is 2. The summed E-state index contributed by atoms with van der Waals surface area (Å²) in [4.78, 5) is 4.71. The highest BCUT2D eigenvalue weighted by atomic mass is 16.6. The third-order valence-electron chi connectivity index (χ3n) is 4.08. The van der Waals surface area contributed by atoms with Gasteiger partial charge in [-0.25, -0.2) is 4.98 Å². The number of nitrogens with zero attached hydrogens (tertiary/aromatic N) is 2. The molecule has 1 N–H and O–H groups in total. The van der Waals surface area contributed by atoms with E-state index in [-0.39, 0.29) is 0 Å². The summed E-state index contributed by atoms with van der Waals surface area (Å²) in [5, 5.41) is 10.5. The van der Waals surface area contributed by atoms with Gasteiger partial charge in [0.2, 0.25) is 0 Å². The van der Waals surface area contributed by atoms with Gasteiger partial charge in [0.15, 0.2) is 11.5 Å². The van der Waals surface area contributed by atoms with Crippen LogP contribution in [0.15, 0.2) is 42.6 Å². The number of benzene rings is 1. The van der Waals surface area contributed by atoms with Gasteiger partial charge in [0, 0.05) is 11.8 Å². The lowest BCUT2D eigenvalue weighted by molar-refractivity contribution is 0.168. The number of hydrogen-bond acceptors (Lipinski definition) is 4. The fourth-order valence-corrected chi connectivity index (χ4v) is 2.93. The summed E-state index contributed by atoms with van der Waals surface area (Å²) < 4.78 is 13.2. The van der Waals surface area contributed by atoms with Crippen molar-refractivity contribution in [2.24, 2.45) is 0 Å². The average Bonchev–Trinajstić information content (AvgIpc) is 3.00. The predicted octanol–water partition coefficient (Wildman–Crippen LogP) is 3.22. The maximum absolute atomic E-state index is 10.5. The first kappa shape index (κ1) is 14.1. The van der Waals surface area contributed by atoms with Gasteiger partial charge in [-0.2, -0.15) is 0 Å². The molecule has 0 bridgehead atoms. The van der Waals surface area contributed by atoms with Gasteiger partial charge < -0.3 is 19.0 Å². The highest BCUT2D eigenvalue weighted by molar-refractivity contribution is 5.70. The molecule has 3 heterocycles. The molecule has 0 fully saturated rings. The van der Waals surface area contributed by atoms with Crippen LogP contribution in [0.25, 0.3) is 16.9 Å². The molecule has 1 atom stereocenters. The van der Waals surface area contributed by atoms with Crippen LogP contribution in [0.5, 0.6) is 11.5 Å². The third kappa shape index (κ3) is 2.33. The molecule has 1 aliphatic rings. The molecule has 0 spiro atoms. The van der Waals surface area contributed by atoms with Gasteiger partial charge >= 0.3 is 0 Å². The molecule has 0 radical (unpaired) electrons. The smallest absolute Gasteiger partial charge is 0.162 e. The summed E-state index contributed by atoms with van der Waals surface area (Å²) in [6, 6.07) is 11.6. The second kappa shape index (κ2) is 5.59. The molecule has 5 nitrogen and oxygen atoms in total. The minimum atomic E-state index is -0.574. The molecule has 1 unspecified atom stereocenters. The number of aliphatic hydroxyl groups is 1. The minimum Gasteiger partial charge on any atom is -0.486 e. The molecule has 3 aromatic rings. The van der Waals surface area contributed by atoms with E-state index in [4.69, 9.17) is 14.5 Å². The fraction of sp³-hybridized carbons (Fsp3) is 0.278. The van der Waals surface area contributed by atoms with E-state index in [1.54, 1.807) is 0 Å². The fourth-order valence-electron chi connectivity index (χ4n) is 2.93. The second-order valence-corrected chi connectivity index (χ2v) is 5.56. The standard InChI is InChI=1S/C18H18N2O3/c1-2-13(21)18-17(19-16-5-3-4-8-20(16)18)12-6-7-14-15(11-12)23-10-9-22-14/h3-8,11,13,21H,2,9-10H2,1H3. The summed E-state index contributed by atoms with van der Waals surface area (Å²) in [5.41, 5.74) is 3.32. The van der Waals surface area contributed by atoms with Crippen LogP contribution < -0.4 is 9.47 Å². The lowest BCUT2D eigenvalue weighted by Crippen LogP contribution is -2.15. The molecule has 0 saturated carbocycles. The monoisotopic (exact) mass is 310 g/mol. The highest BCUT2D eigenvalue weighted by Crippen LogP contribution is 2.37. The Hall–Kier alpha value is -2.53. The van der Waals surface area contributed by atoms with Gasteiger partial charge in [-0.1, -0.05) is 13.0 Å². The Morgan fingerprint density at radius 1 is 1.17 bits per heavy atom. The Labute approximate surface area is 134 Å². The average molecular weight is 310 g/mol. The van der Waals surface area contributed by atoms with Crippen LogP contribution >= 0.6 is 0 Å². The predicted molar refractivity (Wildman–Crippen MR) is 86.9 cm³/mol. The zero-order valence-electron chi connectivity index (χ0n) is 12.9. The van der Waals surface area contributed by atoms with Crippen molar-refractivity contribution in [3.63, 3.8) is 0 Å². The van der Waals surface area contributed by atoms with Crippen molar-refractivity contribution in [2.45, 2.75) is 19.4 Å². The number of imidazole rings is 1. The zero-order chi connectivity index (χ0) is 15.8. The van der Waals surface area contributed by atoms with Gasteiger partial charge in [-0.3, -0.25) is 0 Å². The second-order valence-electron chi connectivity index (χ2n) is 5.56. The first-order chi connectivity index (χ1) is 11.3. The van der Waals surface area contributed by atoms with Gasteiger partial charge in [-0.15, -0.1) is 0 Å². The normalized spacial score (nSPS) is 14.9. The summed E-state index contributed by atoms with van der Waals surface area (Å²) >= 11 is 0. The first-order valence-electron chi connectivity index (χ1n) is 7.83. The summed E-state index contributed by atoms with van der Waals surface area (Å²) in [7, 11) is 0. The first-order valence-corrected chi connectivity index (χ1v) is 7.83. The Balaban J connectivity index is 1.91. The van der Waals surface area contributed by atoms with Crippen LogP contribution in [-0.2, 0) is 0 Å². The number of pyridine rings is 1. The van der Waals surface area contributed by atoms with Crippen LogP contribution in [0, 0.1) is 0 Å². The van der Waals surface area contributed by atoms with Crippen molar-refractivity contribution >= 4 is 5.65 Å². The van der Waals surface area contributed by atoms with Gasteiger partial charge in [-0.05, 0) is 36.8 Å². The molecule has 1 aromatic carbocycles. The van der Waals surface area contributed by atoms with Crippen molar-refractivity contribution in [1.82, 2.24) is 9.38 Å². The van der Waals surface area contributed by atoms with E-state index in [0.29, 0.717) is 19.6 Å². The highest BCUT2D eigenvalue weighted by Gasteiger charge is 2.21. The maximum Gasteiger partial charge on any atom is 0.162 e. The summed E-state index contributed by atoms with van der Waals surface area (Å²) in [6.07, 6.45) is 1.98. The molecule has 0 saturated heterocycles. The van der Waals surface area contributed by atoms with Crippen molar-refractivity contribution in [3.05, 3.63) is 48.3 Å². The van der Waals surface area contributed by atoms with Crippen molar-refractivity contribution < 1.29 is 14.6 Å². The lowest BCUT2D eigenvalue weighted by atomic mass is 10.1. The molecule has 0 aliphatic carbocycles. The topological polar surface area (TPSA) is 56.0 Å². The van der Waals surface area contributed by atoms with E-state index in [0.717, 1.165) is 34.1 Å². The Kier molecular flexibility index (Phi) is 3.42. The van der Waals surface area contributed by atoms with E-state index >= 15 is 0 Å². The number of rotatable bonds is 3. The van der Waals surface area contributed by atoms with Gasteiger partial charge in [0.1, 0.15) is 18.9 Å². The number of fused-ring (bicyclic) bond motifs is 2. The minimum absolute atomic E-state index is 0.548. The quantitative estimate of drug-likeness (QED) is 0.807. The molecule has 4 rings (SSSR count). The molecule has 5 heteroatoms. The summed E-state index contributed by atoms with van der Waals surface area (Å²) in [6.45, 7) is 3.08. The third-order valence-corrected chi connectivity index (χ3v) is 4.08. The number of aliphatic hydroxyl groups excluding tert-OH is 1. The van der Waals surface area contributed by atoms with E-state index < -0.39 is 6.10 Å². The van der Waals surface area contributed by atoms with E-state index in [9.17, 15) is 5.11 Å².